The van der Waals surface area contributed by atoms with Crippen LogP contribution in [0.5, 0.6) is 0 Å². The molecule has 3 heterocycles. The van der Waals surface area contributed by atoms with Crippen LogP contribution in [0.25, 0.3) is 0 Å². The van der Waals surface area contributed by atoms with Crippen LogP contribution in [0.3, 0.4) is 0 Å². The van der Waals surface area contributed by atoms with Gasteiger partial charge >= 0.3 is 0 Å². The largest absolute Gasteiger partial charge is 0.381 e. The maximum atomic E-state index is 12.5. The SMILES string of the molecule is CC(C)[C@@H]1CN(Cc2ncc[nH]2)C[C@H]1NC(=O)C1CCOCC1. The monoisotopic (exact) mass is 320 g/mol. The lowest BCUT2D eigenvalue weighted by atomic mass is 9.90. The van der Waals surface area contributed by atoms with Gasteiger partial charge in [-0.15, -0.1) is 0 Å². The van der Waals surface area contributed by atoms with Gasteiger partial charge in [-0.25, -0.2) is 4.98 Å². The molecule has 0 unspecified atom stereocenters. The summed E-state index contributed by atoms with van der Waals surface area (Å²) in [7, 11) is 0. The first-order valence-corrected chi connectivity index (χ1v) is 8.72. The number of H-pyrrole nitrogens is 1. The summed E-state index contributed by atoms with van der Waals surface area (Å²) in [5.74, 6) is 2.37. The van der Waals surface area contributed by atoms with Crippen LogP contribution in [0.15, 0.2) is 12.4 Å². The van der Waals surface area contributed by atoms with Gasteiger partial charge in [0, 0.05) is 50.7 Å². The Bertz CT molecular complexity index is 497. The Morgan fingerprint density at radius 2 is 2.22 bits per heavy atom. The van der Waals surface area contributed by atoms with Crippen LogP contribution in [0.4, 0.5) is 0 Å². The van der Waals surface area contributed by atoms with Gasteiger partial charge < -0.3 is 15.0 Å². The lowest BCUT2D eigenvalue weighted by Crippen LogP contribution is -2.45. The Morgan fingerprint density at radius 1 is 1.43 bits per heavy atom. The highest BCUT2D eigenvalue weighted by molar-refractivity contribution is 5.79. The van der Waals surface area contributed by atoms with Crippen molar-refractivity contribution in [2.75, 3.05) is 26.3 Å². The van der Waals surface area contributed by atoms with E-state index >= 15 is 0 Å². The van der Waals surface area contributed by atoms with Crippen LogP contribution < -0.4 is 5.32 Å². The molecule has 2 N–H and O–H groups in total. The molecule has 0 spiro atoms. The first kappa shape index (κ1) is 16.5. The molecule has 23 heavy (non-hydrogen) atoms. The second kappa shape index (κ2) is 7.45. The molecule has 0 radical (unpaired) electrons. The molecule has 128 valence electrons. The van der Waals surface area contributed by atoms with Crippen molar-refractivity contribution in [2.45, 2.75) is 39.3 Å². The number of aromatic amines is 1. The number of likely N-dealkylation sites (tertiary alicyclic amines) is 1. The maximum Gasteiger partial charge on any atom is 0.223 e. The molecule has 2 fully saturated rings. The second-order valence-corrected chi connectivity index (χ2v) is 7.14. The molecule has 2 aliphatic rings. The van der Waals surface area contributed by atoms with Gasteiger partial charge in [0.25, 0.3) is 0 Å². The molecular formula is C17H28N4O2. The normalized spacial score (nSPS) is 26.7. The topological polar surface area (TPSA) is 70.2 Å². The zero-order valence-corrected chi connectivity index (χ0v) is 14.1. The minimum atomic E-state index is 0.121. The number of carbonyl (C=O) groups is 1. The Balaban J connectivity index is 1.58. The molecule has 1 aromatic rings. The van der Waals surface area contributed by atoms with Crippen molar-refractivity contribution in [1.29, 1.82) is 0 Å². The number of hydrogen-bond donors (Lipinski definition) is 2. The molecule has 2 atom stereocenters. The highest BCUT2D eigenvalue weighted by atomic mass is 16.5. The first-order valence-electron chi connectivity index (χ1n) is 8.72. The summed E-state index contributed by atoms with van der Waals surface area (Å²) in [6, 6.07) is 0.236. The number of ether oxygens (including phenoxy) is 1. The highest BCUT2D eigenvalue weighted by Gasteiger charge is 2.36. The smallest absolute Gasteiger partial charge is 0.223 e. The lowest BCUT2D eigenvalue weighted by Gasteiger charge is -2.27. The van der Waals surface area contributed by atoms with Gasteiger partial charge in [0.05, 0.1) is 6.54 Å². The van der Waals surface area contributed by atoms with E-state index in [9.17, 15) is 4.79 Å². The minimum Gasteiger partial charge on any atom is -0.381 e. The van der Waals surface area contributed by atoms with Gasteiger partial charge in [-0.2, -0.15) is 0 Å². The van der Waals surface area contributed by atoms with Crippen molar-refractivity contribution in [3.05, 3.63) is 18.2 Å². The van der Waals surface area contributed by atoms with Crippen LogP contribution in [0.1, 0.15) is 32.5 Å². The number of rotatable bonds is 5. The molecule has 0 aromatic carbocycles. The molecule has 0 bridgehead atoms. The molecule has 2 saturated heterocycles. The summed E-state index contributed by atoms with van der Waals surface area (Å²) < 4.78 is 5.36. The molecule has 1 amide bonds. The number of amides is 1. The van der Waals surface area contributed by atoms with Gasteiger partial charge in [-0.05, 0) is 24.7 Å². The molecule has 6 nitrogen and oxygen atoms in total. The summed E-state index contributed by atoms with van der Waals surface area (Å²) in [6.07, 6.45) is 5.34. The fourth-order valence-corrected chi connectivity index (χ4v) is 3.73. The van der Waals surface area contributed by atoms with Crippen LogP contribution in [0, 0.1) is 17.8 Å². The molecule has 0 aliphatic carbocycles. The molecule has 3 rings (SSSR count). The van der Waals surface area contributed by atoms with Crippen molar-refractivity contribution in [3.8, 4) is 0 Å². The Kier molecular flexibility index (Phi) is 5.33. The average Bonchev–Trinajstić information content (AvgIpc) is 3.18. The van der Waals surface area contributed by atoms with Crippen molar-refractivity contribution in [2.24, 2.45) is 17.8 Å². The highest BCUT2D eigenvalue weighted by Crippen LogP contribution is 2.26. The van der Waals surface area contributed by atoms with E-state index in [-0.39, 0.29) is 17.9 Å². The molecule has 2 aliphatic heterocycles. The standard InChI is InChI=1S/C17H28N4O2/c1-12(2)14-9-21(11-16-18-5-6-19-16)10-15(14)20-17(22)13-3-7-23-8-4-13/h5-6,12-15H,3-4,7-11H2,1-2H3,(H,18,19)(H,20,22)/t14-,15+/m0/s1. The zero-order chi connectivity index (χ0) is 16.2. The number of aromatic nitrogens is 2. The minimum absolute atomic E-state index is 0.121. The van der Waals surface area contributed by atoms with Gasteiger partial charge in [-0.1, -0.05) is 13.8 Å². The predicted molar refractivity (Wildman–Crippen MR) is 87.7 cm³/mol. The Labute approximate surface area is 138 Å². The third kappa shape index (κ3) is 4.12. The van der Waals surface area contributed by atoms with E-state index < -0.39 is 0 Å². The summed E-state index contributed by atoms with van der Waals surface area (Å²) in [4.78, 5) is 22.4. The summed E-state index contributed by atoms with van der Waals surface area (Å²) in [5.41, 5.74) is 0. The Morgan fingerprint density at radius 3 is 2.87 bits per heavy atom. The van der Waals surface area contributed by atoms with Crippen LogP contribution in [0.2, 0.25) is 0 Å². The van der Waals surface area contributed by atoms with Crippen LogP contribution in [-0.4, -0.2) is 53.1 Å². The van der Waals surface area contributed by atoms with Crippen LogP contribution >= 0.6 is 0 Å². The van der Waals surface area contributed by atoms with Gasteiger partial charge in [0.15, 0.2) is 0 Å². The second-order valence-electron chi connectivity index (χ2n) is 7.14. The molecular weight excluding hydrogens is 292 g/mol. The zero-order valence-electron chi connectivity index (χ0n) is 14.1. The van der Waals surface area contributed by atoms with Gasteiger partial charge in [0.2, 0.25) is 5.91 Å². The van der Waals surface area contributed by atoms with E-state index in [1.807, 2.05) is 6.20 Å². The van der Waals surface area contributed by atoms with Gasteiger partial charge in [0.1, 0.15) is 5.82 Å². The summed E-state index contributed by atoms with van der Waals surface area (Å²) in [5, 5.41) is 3.32. The van der Waals surface area contributed by atoms with Crippen molar-refractivity contribution in [3.63, 3.8) is 0 Å². The lowest BCUT2D eigenvalue weighted by molar-refractivity contribution is -0.128. The molecule has 6 heteroatoms. The molecule has 0 saturated carbocycles. The van der Waals surface area contributed by atoms with Gasteiger partial charge in [-0.3, -0.25) is 9.69 Å². The Hall–Kier alpha value is -1.40. The van der Waals surface area contributed by atoms with Crippen molar-refractivity contribution < 1.29 is 9.53 Å². The fourth-order valence-electron chi connectivity index (χ4n) is 3.73. The maximum absolute atomic E-state index is 12.5. The summed E-state index contributed by atoms with van der Waals surface area (Å²) in [6.45, 7) is 8.64. The van der Waals surface area contributed by atoms with E-state index in [4.69, 9.17) is 4.74 Å². The van der Waals surface area contributed by atoms with E-state index in [2.05, 4.69) is 34.0 Å². The number of nitrogens with one attached hydrogen (secondary N) is 2. The van der Waals surface area contributed by atoms with E-state index in [0.717, 1.165) is 38.3 Å². The van der Waals surface area contributed by atoms with E-state index in [1.54, 1.807) is 6.20 Å². The number of carbonyl (C=O) groups excluding carboxylic acids is 1. The van der Waals surface area contributed by atoms with E-state index in [1.165, 1.54) is 0 Å². The number of hydrogen-bond acceptors (Lipinski definition) is 4. The average molecular weight is 320 g/mol. The third-order valence-corrected chi connectivity index (χ3v) is 5.15. The third-order valence-electron chi connectivity index (χ3n) is 5.15. The number of nitrogens with zero attached hydrogens (tertiary/aromatic N) is 2. The predicted octanol–water partition coefficient (Wildman–Crippen LogP) is 1.41. The first-order chi connectivity index (χ1) is 11.1. The fraction of sp³-hybridized carbons (Fsp3) is 0.765. The quantitative estimate of drug-likeness (QED) is 0.860. The van der Waals surface area contributed by atoms with E-state index in [0.29, 0.717) is 25.0 Å². The number of imidazole rings is 1. The van der Waals surface area contributed by atoms with Crippen molar-refractivity contribution in [1.82, 2.24) is 20.2 Å². The summed E-state index contributed by atoms with van der Waals surface area (Å²) >= 11 is 0. The molecule has 1 aromatic heterocycles. The van der Waals surface area contributed by atoms with Crippen molar-refractivity contribution >= 4 is 5.91 Å². The van der Waals surface area contributed by atoms with Crippen LogP contribution in [-0.2, 0) is 16.1 Å².